The van der Waals surface area contributed by atoms with Gasteiger partial charge in [-0.25, -0.2) is 4.98 Å². The molecule has 0 saturated heterocycles. The Bertz CT molecular complexity index is 726. The molecule has 0 aliphatic rings. The predicted octanol–water partition coefficient (Wildman–Crippen LogP) is 2.30. The van der Waals surface area contributed by atoms with E-state index in [1.807, 2.05) is 30.3 Å². The molecule has 0 saturated carbocycles. The van der Waals surface area contributed by atoms with E-state index in [1.165, 1.54) is 0 Å². The van der Waals surface area contributed by atoms with E-state index in [-0.39, 0.29) is 5.91 Å². The van der Waals surface area contributed by atoms with E-state index in [0.29, 0.717) is 29.8 Å². The molecule has 0 bridgehead atoms. The van der Waals surface area contributed by atoms with E-state index in [9.17, 15) is 4.79 Å². The largest absolute Gasteiger partial charge is 0.352 e. The number of nitrogens with one attached hydrogen (secondary N) is 2. The predicted molar refractivity (Wildman–Crippen MR) is 101 cm³/mol. The summed E-state index contributed by atoms with van der Waals surface area (Å²) in [6.07, 6.45) is 1.73. The molecule has 1 amide bonds. The number of hydrogen-bond donors (Lipinski definition) is 2. The summed E-state index contributed by atoms with van der Waals surface area (Å²) in [6, 6.07) is 11.2. The van der Waals surface area contributed by atoms with Crippen LogP contribution in [0.3, 0.4) is 0 Å². The summed E-state index contributed by atoms with van der Waals surface area (Å²) in [6.45, 7) is 1.20. The molecule has 132 valence electrons. The first-order valence-electron chi connectivity index (χ1n) is 7.85. The summed E-state index contributed by atoms with van der Waals surface area (Å²) in [4.78, 5) is 21.7. The third kappa shape index (κ3) is 5.76. The van der Waals surface area contributed by atoms with Crippen LogP contribution in [-0.2, 0) is 13.1 Å². The van der Waals surface area contributed by atoms with Gasteiger partial charge in [-0.3, -0.25) is 9.79 Å². The number of aliphatic imine (C=N–C) groups is 1. The summed E-state index contributed by atoms with van der Waals surface area (Å²) in [5, 5.41) is 6.93. The number of aromatic nitrogens is 1. The van der Waals surface area contributed by atoms with E-state index in [1.54, 1.807) is 38.3 Å². The topological polar surface area (TPSA) is 69.6 Å². The minimum Gasteiger partial charge on any atom is -0.352 e. The summed E-state index contributed by atoms with van der Waals surface area (Å²) in [7, 11) is 5.20. The van der Waals surface area contributed by atoms with Gasteiger partial charge in [-0.05, 0) is 29.3 Å². The molecular weight excluding hydrogens is 338 g/mol. The van der Waals surface area contributed by atoms with Crippen LogP contribution in [0.2, 0.25) is 5.15 Å². The molecule has 0 unspecified atom stereocenters. The van der Waals surface area contributed by atoms with E-state index in [4.69, 9.17) is 11.6 Å². The van der Waals surface area contributed by atoms with Crippen molar-refractivity contribution in [2.75, 3.05) is 21.1 Å². The van der Waals surface area contributed by atoms with Gasteiger partial charge in [0.25, 0.3) is 5.91 Å². The fourth-order valence-corrected chi connectivity index (χ4v) is 2.24. The number of benzene rings is 1. The zero-order valence-corrected chi connectivity index (χ0v) is 15.3. The van der Waals surface area contributed by atoms with E-state index >= 15 is 0 Å². The second-order valence-corrected chi connectivity index (χ2v) is 6.05. The molecule has 1 aromatic carbocycles. The van der Waals surface area contributed by atoms with Crippen LogP contribution in [0.25, 0.3) is 0 Å². The fraction of sp³-hybridized carbons (Fsp3) is 0.278. The van der Waals surface area contributed by atoms with Gasteiger partial charge in [0, 0.05) is 46.0 Å². The first kappa shape index (κ1) is 18.7. The Morgan fingerprint density at radius 3 is 2.20 bits per heavy atom. The molecule has 1 heterocycles. The normalized spacial score (nSPS) is 11.1. The van der Waals surface area contributed by atoms with Crippen LogP contribution in [0.1, 0.15) is 21.5 Å². The van der Waals surface area contributed by atoms with Gasteiger partial charge in [-0.15, -0.1) is 0 Å². The maximum absolute atomic E-state index is 11.9. The quantitative estimate of drug-likeness (QED) is 0.488. The van der Waals surface area contributed by atoms with Crippen LogP contribution < -0.4 is 10.6 Å². The average Bonchev–Trinajstić information content (AvgIpc) is 2.63. The standard InChI is InChI=1S/C18H22ClN5O/c1-20-18(23-12-14-6-9-16(19)21-11-14)22-10-13-4-7-15(8-5-13)17(25)24(2)3/h4-9,11H,10,12H2,1-3H3,(H2,20,22,23). The van der Waals surface area contributed by atoms with E-state index < -0.39 is 0 Å². The number of hydrogen-bond acceptors (Lipinski definition) is 3. The zero-order chi connectivity index (χ0) is 18.2. The van der Waals surface area contributed by atoms with Crippen LogP contribution >= 0.6 is 11.6 Å². The maximum Gasteiger partial charge on any atom is 0.253 e. The second-order valence-electron chi connectivity index (χ2n) is 5.66. The molecule has 0 radical (unpaired) electrons. The molecule has 0 aliphatic heterocycles. The van der Waals surface area contributed by atoms with Gasteiger partial charge in [0.15, 0.2) is 5.96 Å². The number of amides is 1. The zero-order valence-electron chi connectivity index (χ0n) is 14.6. The van der Waals surface area contributed by atoms with Crippen LogP contribution in [-0.4, -0.2) is 42.9 Å². The first-order valence-corrected chi connectivity index (χ1v) is 8.23. The molecule has 0 spiro atoms. The number of carbonyl (C=O) groups excluding carboxylic acids is 1. The van der Waals surface area contributed by atoms with Crippen LogP contribution in [0.4, 0.5) is 0 Å². The lowest BCUT2D eigenvalue weighted by atomic mass is 10.1. The van der Waals surface area contributed by atoms with Crippen molar-refractivity contribution in [3.63, 3.8) is 0 Å². The Morgan fingerprint density at radius 2 is 1.68 bits per heavy atom. The van der Waals surface area contributed by atoms with Crippen molar-refractivity contribution in [1.29, 1.82) is 0 Å². The Morgan fingerprint density at radius 1 is 1.08 bits per heavy atom. The van der Waals surface area contributed by atoms with Crippen LogP contribution in [0, 0.1) is 0 Å². The Balaban J connectivity index is 1.86. The van der Waals surface area contributed by atoms with Gasteiger partial charge in [-0.1, -0.05) is 29.8 Å². The molecule has 2 N–H and O–H groups in total. The number of pyridine rings is 1. The molecule has 0 fully saturated rings. The van der Waals surface area contributed by atoms with Gasteiger partial charge in [0.05, 0.1) is 0 Å². The fourth-order valence-electron chi connectivity index (χ4n) is 2.13. The number of halogens is 1. The summed E-state index contributed by atoms with van der Waals surface area (Å²) < 4.78 is 0. The van der Waals surface area contributed by atoms with Crippen molar-refractivity contribution in [1.82, 2.24) is 20.5 Å². The third-order valence-corrected chi connectivity index (χ3v) is 3.76. The van der Waals surface area contributed by atoms with E-state index in [2.05, 4.69) is 20.6 Å². The molecular formula is C18H22ClN5O. The highest BCUT2D eigenvalue weighted by molar-refractivity contribution is 6.29. The highest BCUT2D eigenvalue weighted by Gasteiger charge is 2.07. The molecule has 0 aliphatic carbocycles. The number of nitrogens with zero attached hydrogens (tertiary/aromatic N) is 3. The van der Waals surface area contributed by atoms with E-state index in [0.717, 1.165) is 11.1 Å². The minimum atomic E-state index is -0.00596. The smallest absolute Gasteiger partial charge is 0.253 e. The Hall–Kier alpha value is -2.60. The number of guanidine groups is 1. The van der Waals surface area contributed by atoms with Crippen molar-refractivity contribution in [2.24, 2.45) is 4.99 Å². The van der Waals surface area contributed by atoms with Gasteiger partial charge in [0.2, 0.25) is 0 Å². The summed E-state index contributed by atoms with van der Waals surface area (Å²) in [5.41, 5.74) is 2.75. The molecule has 6 nitrogen and oxygen atoms in total. The lowest BCUT2D eigenvalue weighted by Gasteiger charge is -2.13. The van der Waals surface area contributed by atoms with Gasteiger partial charge in [0.1, 0.15) is 5.15 Å². The molecule has 0 atom stereocenters. The molecule has 2 rings (SSSR count). The first-order chi connectivity index (χ1) is 12.0. The Labute approximate surface area is 152 Å². The van der Waals surface area contributed by atoms with Crippen molar-refractivity contribution in [3.8, 4) is 0 Å². The Kier molecular flexibility index (Phi) is 6.77. The van der Waals surface area contributed by atoms with Crippen molar-refractivity contribution < 1.29 is 4.79 Å². The second kappa shape index (κ2) is 9.03. The van der Waals surface area contributed by atoms with Crippen LogP contribution in [0.5, 0.6) is 0 Å². The number of rotatable bonds is 5. The SMILES string of the molecule is CN=C(NCc1ccc(C(=O)N(C)C)cc1)NCc1ccc(Cl)nc1. The highest BCUT2D eigenvalue weighted by atomic mass is 35.5. The van der Waals surface area contributed by atoms with Crippen LogP contribution in [0.15, 0.2) is 47.6 Å². The molecule has 2 aromatic rings. The molecule has 25 heavy (non-hydrogen) atoms. The van der Waals surface area contributed by atoms with Gasteiger partial charge >= 0.3 is 0 Å². The van der Waals surface area contributed by atoms with Gasteiger partial charge in [-0.2, -0.15) is 0 Å². The minimum absolute atomic E-state index is 0.00596. The van der Waals surface area contributed by atoms with Crippen molar-refractivity contribution in [3.05, 3.63) is 64.4 Å². The maximum atomic E-state index is 11.9. The average molecular weight is 360 g/mol. The monoisotopic (exact) mass is 359 g/mol. The highest BCUT2D eigenvalue weighted by Crippen LogP contribution is 2.07. The molecule has 7 heteroatoms. The lowest BCUT2D eigenvalue weighted by molar-refractivity contribution is 0.0827. The third-order valence-electron chi connectivity index (χ3n) is 3.54. The lowest BCUT2D eigenvalue weighted by Crippen LogP contribution is -2.36. The summed E-state index contributed by atoms with van der Waals surface area (Å²) >= 11 is 5.78. The van der Waals surface area contributed by atoms with Gasteiger partial charge < -0.3 is 15.5 Å². The number of carbonyl (C=O) groups is 1. The summed E-state index contributed by atoms with van der Waals surface area (Å²) in [5.74, 6) is 0.678. The van der Waals surface area contributed by atoms with Crippen molar-refractivity contribution in [2.45, 2.75) is 13.1 Å². The molecule has 1 aromatic heterocycles. The van der Waals surface area contributed by atoms with Crippen molar-refractivity contribution >= 4 is 23.5 Å².